The molecule has 1 fully saturated rings. The number of nitriles is 1. The number of carbonyl (C=O) groups is 2. The lowest BCUT2D eigenvalue weighted by Crippen LogP contribution is -2.49. The first-order chi connectivity index (χ1) is 27.0. The van der Waals surface area contributed by atoms with E-state index in [9.17, 15) is 19.6 Å². The van der Waals surface area contributed by atoms with Crippen LogP contribution in [-0.2, 0) is 34.3 Å². The van der Waals surface area contributed by atoms with E-state index in [1.54, 1.807) is 42.3 Å². The molecule has 2 aliphatic heterocycles. The minimum Gasteiger partial charge on any atom is -0.496 e. The second-order valence-corrected chi connectivity index (χ2v) is 14.9. The maximum Gasteiger partial charge on any atom is 0.265 e. The minimum absolute atomic E-state index is 0.0180. The zero-order valence-corrected chi connectivity index (χ0v) is 33.6. The number of fused-ring (bicyclic) bond motifs is 1. The van der Waals surface area contributed by atoms with Gasteiger partial charge in [-0.25, -0.2) is 4.98 Å². The average molecular weight is 781 g/mol. The predicted molar refractivity (Wildman–Crippen MR) is 214 cm³/mol. The van der Waals surface area contributed by atoms with Gasteiger partial charge in [0.15, 0.2) is 0 Å². The van der Waals surface area contributed by atoms with Crippen LogP contribution in [0.5, 0.6) is 17.2 Å². The molecule has 1 saturated heterocycles. The van der Waals surface area contributed by atoms with Gasteiger partial charge in [0.05, 0.1) is 32.4 Å². The van der Waals surface area contributed by atoms with Crippen LogP contribution < -0.4 is 19.8 Å². The van der Waals surface area contributed by atoms with Gasteiger partial charge in [0.2, 0.25) is 5.91 Å². The van der Waals surface area contributed by atoms with Gasteiger partial charge in [0.25, 0.3) is 11.5 Å². The van der Waals surface area contributed by atoms with Crippen LogP contribution in [0.25, 0.3) is 17.2 Å². The van der Waals surface area contributed by atoms with Gasteiger partial charge in [-0.05, 0) is 79.8 Å². The van der Waals surface area contributed by atoms with Crippen molar-refractivity contribution in [1.82, 2.24) is 24.3 Å². The predicted octanol–water partition coefficient (Wildman–Crippen LogP) is 4.94. The number of rotatable bonds is 13. The summed E-state index contributed by atoms with van der Waals surface area (Å²) in [7, 11) is 5.04. The standard InChI is InChI=1S/C42H48N6O7S/c1-27-28(2)41(50)45(4)24-35(27)31-19-37(52-5)36(38(20-31)53-6)25-46-12-14-47(15-13-46)40(49)26-54-16-17-55-33-8-7-30-9-11-48(29(3)34(30)22-33)42(51)32(23-43)21-39-44-10-18-56-39/h7-8,10,18-22,24,29H,9,11-17,25-26H2,1-6H3. The van der Waals surface area contributed by atoms with Crippen molar-refractivity contribution in [2.45, 2.75) is 39.8 Å². The quantitative estimate of drug-likeness (QED) is 0.104. The molecule has 2 aromatic heterocycles. The Morgan fingerprint density at radius 3 is 2.41 bits per heavy atom. The fourth-order valence-electron chi connectivity index (χ4n) is 7.30. The normalized spacial score (nSPS) is 15.9. The summed E-state index contributed by atoms with van der Waals surface area (Å²) >= 11 is 1.37. The number of ether oxygens (including phenoxy) is 4. The van der Waals surface area contributed by atoms with E-state index in [0.717, 1.165) is 33.4 Å². The highest BCUT2D eigenvalue weighted by Crippen LogP contribution is 2.38. The van der Waals surface area contributed by atoms with Crippen molar-refractivity contribution in [3.63, 3.8) is 0 Å². The molecule has 4 aromatic rings. The first-order valence-corrected chi connectivity index (χ1v) is 19.5. The van der Waals surface area contributed by atoms with E-state index >= 15 is 0 Å². The van der Waals surface area contributed by atoms with Crippen LogP contribution in [0.1, 0.15) is 45.8 Å². The van der Waals surface area contributed by atoms with E-state index in [1.807, 2.05) is 68.3 Å². The molecule has 14 heteroatoms. The van der Waals surface area contributed by atoms with E-state index in [0.29, 0.717) is 73.5 Å². The number of hydrogen-bond donors (Lipinski definition) is 0. The first kappa shape index (κ1) is 40.2. The third kappa shape index (κ3) is 8.81. The Bertz CT molecular complexity index is 2180. The SMILES string of the molecule is COc1cc(-c2cn(C)c(=O)c(C)c2C)cc(OC)c1CN1CCN(C(=O)COCCOc2ccc3c(c2)C(C)N(C(=O)C(C#N)=Cc2nccs2)CC3)CC1. The summed E-state index contributed by atoms with van der Waals surface area (Å²) in [6.45, 7) is 9.82. The van der Waals surface area contributed by atoms with Gasteiger partial charge in [-0.15, -0.1) is 11.3 Å². The molecular weight excluding hydrogens is 733 g/mol. The lowest BCUT2D eigenvalue weighted by atomic mass is 9.92. The Morgan fingerprint density at radius 1 is 1.02 bits per heavy atom. The number of piperazine rings is 1. The Labute approximate surface area is 331 Å². The molecule has 6 rings (SSSR count). The van der Waals surface area contributed by atoms with Crippen LogP contribution in [0.15, 0.2) is 58.5 Å². The minimum atomic E-state index is -0.317. The number of hydrogen-bond acceptors (Lipinski definition) is 11. The lowest BCUT2D eigenvalue weighted by molar-refractivity contribution is -0.138. The molecule has 4 heterocycles. The zero-order chi connectivity index (χ0) is 39.9. The van der Waals surface area contributed by atoms with Crippen LogP contribution >= 0.6 is 11.3 Å². The van der Waals surface area contributed by atoms with Crippen molar-refractivity contribution in [2.24, 2.45) is 7.05 Å². The second-order valence-electron chi connectivity index (χ2n) is 14.0. The Morgan fingerprint density at radius 2 is 1.75 bits per heavy atom. The molecular formula is C42H48N6O7S. The Hall–Kier alpha value is -5.49. The van der Waals surface area contributed by atoms with Gasteiger partial charge in [0.1, 0.15) is 47.1 Å². The van der Waals surface area contributed by atoms with Crippen LogP contribution in [-0.4, -0.2) is 103 Å². The zero-order valence-electron chi connectivity index (χ0n) is 32.8. The van der Waals surface area contributed by atoms with E-state index in [2.05, 4.69) is 9.88 Å². The summed E-state index contributed by atoms with van der Waals surface area (Å²) in [5.74, 6) is 1.66. The molecule has 13 nitrogen and oxygen atoms in total. The number of amides is 2. The Kier molecular flexibility index (Phi) is 12.9. The molecule has 0 N–H and O–H groups in total. The Balaban J connectivity index is 0.968. The number of benzene rings is 2. The van der Waals surface area contributed by atoms with Crippen molar-refractivity contribution in [3.05, 3.63) is 96.9 Å². The molecule has 56 heavy (non-hydrogen) atoms. The second kappa shape index (κ2) is 18.0. The molecule has 1 atom stereocenters. The van der Waals surface area contributed by atoms with Gasteiger partial charge >= 0.3 is 0 Å². The summed E-state index contributed by atoms with van der Waals surface area (Å²) in [5.41, 5.74) is 6.55. The number of aryl methyl sites for hydroxylation is 1. The highest BCUT2D eigenvalue weighted by molar-refractivity contribution is 7.10. The number of methoxy groups -OCH3 is 2. The summed E-state index contributed by atoms with van der Waals surface area (Å²) in [6.07, 6.45) is 5.70. The number of pyridine rings is 1. The largest absolute Gasteiger partial charge is 0.496 e. The fraction of sp³-hybridized carbons (Fsp3) is 0.405. The highest BCUT2D eigenvalue weighted by atomic mass is 32.1. The molecule has 0 aliphatic carbocycles. The molecule has 294 valence electrons. The fourth-order valence-corrected chi connectivity index (χ4v) is 7.86. The smallest absolute Gasteiger partial charge is 0.265 e. The average Bonchev–Trinajstić information content (AvgIpc) is 3.74. The topological polar surface area (TPSA) is 139 Å². The number of aromatic nitrogens is 2. The van der Waals surface area contributed by atoms with Gasteiger partial charge < -0.3 is 33.3 Å². The third-order valence-corrected chi connectivity index (χ3v) is 11.4. The van der Waals surface area contributed by atoms with Gasteiger partial charge in [-0.2, -0.15) is 5.26 Å². The molecule has 0 spiro atoms. The number of carbonyl (C=O) groups excluding carboxylic acids is 2. The van der Waals surface area contributed by atoms with Gasteiger partial charge in [0, 0.05) is 75.2 Å². The first-order valence-electron chi connectivity index (χ1n) is 18.6. The summed E-state index contributed by atoms with van der Waals surface area (Å²) in [6, 6.07) is 11.6. The maximum atomic E-state index is 13.3. The maximum absolute atomic E-state index is 13.3. The molecule has 2 aromatic carbocycles. The van der Waals surface area contributed by atoms with Gasteiger partial charge in [-0.1, -0.05) is 6.07 Å². The monoisotopic (exact) mass is 780 g/mol. The van der Waals surface area contributed by atoms with Gasteiger partial charge in [-0.3, -0.25) is 19.3 Å². The van der Waals surface area contributed by atoms with Crippen LogP contribution in [0, 0.1) is 25.2 Å². The summed E-state index contributed by atoms with van der Waals surface area (Å²) < 4.78 is 25.0. The molecule has 0 radical (unpaired) electrons. The van der Waals surface area contributed by atoms with Crippen molar-refractivity contribution < 1.29 is 28.5 Å². The van der Waals surface area contributed by atoms with Crippen molar-refractivity contribution in [1.29, 1.82) is 5.26 Å². The molecule has 1 unspecified atom stereocenters. The van der Waals surface area contributed by atoms with E-state index in [4.69, 9.17) is 18.9 Å². The van der Waals surface area contributed by atoms with Crippen LogP contribution in [0.2, 0.25) is 0 Å². The summed E-state index contributed by atoms with van der Waals surface area (Å²) in [4.78, 5) is 48.8. The molecule has 2 amide bonds. The number of nitrogens with zero attached hydrogens (tertiary/aromatic N) is 6. The van der Waals surface area contributed by atoms with Crippen molar-refractivity contribution >= 4 is 29.2 Å². The van der Waals surface area contributed by atoms with Crippen LogP contribution in [0.4, 0.5) is 0 Å². The molecule has 0 bridgehead atoms. The molecule has 0 saturated carbocycles. The summed E-state index contributed by atoms with van der Waals surface area (Å²) in [5, 5.41) is 12.1. The highest BCUT2D eigenvalue weighted by Gasteiger charge is 2.30. The van der Waals surface area contributed by atoms with E-state index in [-0.39, 0.29) is 48.8 Å². The van der Waals surface area contributed by atoms with Crippen molar-refractivity contribution in [2.75, 3.05) is 66.8 Å². The lowest BCUT2D eigenvalue weighted by Gasteiger charge is -2.35. The van der Waals surface area contributed by atoms with Crippen molar-refractivity contribution in [3.8, 4) is 34.4 Å². The van der Waals surface area contributed by atoms with Crippen LogP contribution in [0.3, 0.4) is 0 Å². The van der Waals surface area contributed by atoms with E-state index < -0.39 is 0 Å². The molecule has 2 aliphatic rings. The van der Waals surface area contributed by atoms with E-state index in [1.165, 1.54) is 17.4 Å². The third-order valence-electron chi connectivity index (χ3n) is 10.7. The number of thiazole rings is 1.